The zero-order chi connectivity index (χ0) is 16.8. The zero-order valence-electron chi connectivity index (χ0n) is 12.8. The van der Waals surface area contributed by atoms with Crippen molar-refractivity contribution in [1.82, 2.24) is 0 Å². The summed E-state index contributed by atoms with van der Waals surface area (Å²) in [6, 6.07) is 6.78. The van der Waals surface area contributed by atoms with E-state index in [9.17, 15) is 4.39 Å². The number of alkyl halides is 1. The number of rotatable bonds is 5. The first kappa shape index (κ1) is 17.4. The maximum atomic E-state index is 14.6. The Morgan fingerprint density at radius 3 is 2.57 bits per heavy atom. The fourth-order valence-electron chi connectivity index (χ4n) is 2.40. The van der Waals surface area contributed by atoms with Gasteiger partial charge in [-0.2, -0.15) is 0 Å². The van der Waals surface area contributed by atoms with E-state index in [0.717, 1.165) is 10.5 Å². The van der Waals surface area contributed by atoms with Crippen molar-refractivity contribution < 1.29 is 9.13 Å². The summed E-state index contributed by atoms with van der Waals surface area (Å²) in [6.07, 6.45) is -1.91. The number of halogens is 1. The molecule has 0 N–H and O–H groups in total. The van der Waals surface area contributed by atoms with Crippen LogP contribution in [0.5, 0.6) is 0 Å². The Kier molecular flexibility index (Phi) is 6.12. The van der Waals surface area contributed by atoms with Crippen LogP contribution in [0.15, 0.2) is 39.4 Å². The molecule has 0 spiro atoms. The average Bonchev–Trinajstić information content (AvgIpc) is 2.55. The number of azide groups is 2. The van der Waals surface area contributed by atoms with Gasteiger partial charge in [0.1, 0.15) is 17.6 Å². The molecule has 2 rings (SSSR count). The Balaban J connectivity index is 2.22. The second-order valence-electron chi connectivity index (χ2n) is 5.39. The van der Waals surface area contributed by atoms with Crippen LogP contribution in [-0.2, 0) is 4.74 Å². The molecular formula is C14H17FN6OS. The third-order valence-corrected chi connectivity index (χ3v) is 4.95. The van der Waals surface area contributed by atoms with E-state index in [1.807, 2.05) is 31.2 Å². The lowest BCUT2D eigenvalue weighted by molar-refractivity contribution is -0.0813. The summed E-state index contributed by atoms with van der Waals surface area (Å²) < 4.78 is 20.5. The highest BCUT2D eigenvalue weighted by atomic mass is 32.2. The first-order chi connectivity index (χ1) is 11.1. The summed E-state index contributed by atoms with van der Waals surface area (Å²) in [5.41, 5.74) is 17.6. The minimum Gasteiger partial charge on any atom is -0.363 e. The van der Waals surface area contributed by atoms with Crippen molar-refractivity contribution in [3.63, 3.8) is 0 Å². The minimum atomic E-state index is -1.36. The van der Waals surface area contributed by atoms with Crippen molar-refractivity contribution in [1.29, 1.82) is 0 Å². The molecule has 0 saturated carbocycles. The van der Waals surface area contributed by atoms with Gasteiger partial charge < -0.3 is 4.74 Å². The van der Waals surface area contributed by atoms with Crippen LogP contribution in [0.2, 0.25) is 0 Å². The second kappa shape index (κ2) is 8.08. The normalized spacial score (nSPS) is 30.1. The quantitative estimate of drug-likeness (QED) is 0.438. The molecular weight excluding hydrogens is 319 g/mol. The molecule has 0 aromatic heterocycles. The molecule has 0 amide bonds. The van der Waals surface area contributed by atoms with Crippen molar-refractivity contribution in [3.05, 3.63) is 50.7 Å². The number of nitrogens with zero attached hydrogens (tertiary/aromatic N) is 6. The van der Waals surface area contributed by atoms with E-state index in [1.165, 1.54) is 11.8 Å². The maximum absolute atomic E-state index is 14.6. The van der Waals surface area contributed by atoms with Crippen LogP contribution in [0.25, 0.3) is 20.9 Å². The van der Waals surface area contributed by atoms with Crippen molar-refractivity contribution in [3.8, 4) is 0 Å². The Hall–Kier alpha value is -1.92. The third-order valence-electron chi connectivity index (χ3n) is 3.79. The van der Waals surface area contributed by atoms with Crippen molar-refractivity contribution in [2.24, 2.45) is 16.1 Å². The molecule has 1 aliphatic heterocycles. The fraction of sp³-hybridized carbons (Fsp3) is 0.571. The first-order valence-electron chi connectivity index (χ1n) is 7.14. The van der Waals surface area contributed by atoms with Gasteiger partial charge in [0.15, 0.2) is 0 Å². The van der Waals surface area contributed by atoms with Crippen molar-refractivity contribution in [2.45, 2.75) is 42.5 Å². The molecule has 1 aromatic rings. The van der Waals surface area contributed by atoms with Crippen LogP contribution >= 0.6 is 11.8 Å². The summed E-state index contributed by atoms with van der Waals surface area (Å²) in [5.74, 6) is -0.522. The maximum Gasteiger partial charge on any atom is 0.119 e. The molecule has 0 aliphatic carbocycles. The van der Waals surface area contributed by atoms with Gasteiger partial charge in [-0.3, -0.25) is 0 Å². The predicted molar refractivity (Wildman–Crippen MR) is 86.7 cm³/mol. The lowest BCUT2D eigenvalue weighted by atomic mass is 9.91. The molecule has 1 saturated heterocycles. The lowest BCUT2D eigenvalue weighted by Gasteiger charge is -2.40. The van der Waals surface area contributed by atoms with Crippen LogP contribution in [0.1, 0.15) is 12.5 Å². The summed E-state index contributed by atoms with van der Waals surface area (Å²) in [4.78, 5) is 6.34. The number of benzene rings is 1. The average molecular weight is 336 g/mol. The van der Waals surface area contributed by atoms with Crippen molar-refractivity contribution in [2.75, 3.05) is 6.54 Å². The highest BCUT2D eigenvalue weighted by Gasteiger charge is 2.43. The number of thioether (sulfide) groups is 1. The molecule has 1 aliphatic rings. The van der Waals surface area contributed by atoms with E-state index in [2.05, 4.69) is 20.1 Å². The third kappa shape index (κ3) is 4.30. The Labute approximate surface area is 137 Å². The number of hydrogen-bond acceptors (Lipinski definition) is 4. The van der Waals surface area contributed by atoms with E-state index in [-0.39, 0.29) is 6.54 Å². The topological polar surface area (TPSA) is 107 Å². The van der Waals surface area contributed by atoms with Gasteiger partial charge in [0, 0.05) is 20.6 Å². The molecule has 1 fully saturated rings. The molecule has 9 heteroatoms. The summed E-state index contributed by atoms with van der Waals surface area (Å²) in [6.45, 7) is 3.68. The Bertz CT molecular complexity index is 627. The smallest absolute Gasteiger partial charge is 0.119 e. The van der Waals surface area contributed by atoms with Gasteiger partial charge in [0.2, 0.25) is 0 Å². The highest BCUT2D eigenvalue weighted by molar-refractivity contribution is 7.99. The second-order valence-corrected chi connectivity index (χ2v) is 6.56. The number of ether oxygens (including phenoxy) is 1. The van der Waals surface area contributed by atoms with Gasteiger partial charge in [-0.15, -0.1) is 0 Å². The summed E-state index contributed by atoms with van der Waals surface area (Å²) in [5, 5.41) is 7.06. The van der Waals surface area contributed by atoms with Gasteiger partial charge in [0.25, 0.3) is 0 Å². The zero-order valence-corrected chi connectivity index (χ0v) is 13.6. The fourth-order valence-corrected chi connectivity index (χ4v) is 3.50. The van der Waals surface area contributed by atoms with E-state index >= 15 is 0 Å². The van der Waals surface area contributed by atoms with Gasteiger partial charge in [-0.05, 0) is 30.1 Å². The van der Waals surface area contributed by atoms with E-state index < -0.39 is 29.7 Å². The van der Waals surface area contributed by atoms with Crippen LogP contribution in [0, 0.1) is 12.8 Å². The minimum absolute atomic E-state index is 0.0477. The van der Waals surface area contributed by atoms with Gasteiger partial charge in [-0.1, -0.05) is 46.6 Å². The van der Waals surface area contributed by atoms with Crippen LogP contribution < -0.4 is 0 Å². The first-order valence-corrected chi connectivity index (χ1v) is 8.02. The Morgan fingerprint density at radius 1 is 1.26 bits per heavy atom. The SMILES string of the molecule is Cc1ccc(S[C@@H]2O[C@H](CN=[N+]=[N-])C(C)[C@H](F)C2N=[N+]=[N-])cc1. The van der Waals surface area contributed by atoms with E-state index in [0.29, 0.717) is 0 Å². The standard InChI is InChI=1S/C14H17FN6OS/c1-8-3-5-10(6-4-8)23-14-13(19-21-17)12(15)9(2)11(22-14)7-18-20-16/h3-6,9,11-14H,7H2,1-2H3/t9?,11-,12+,13?,14+/m1/s1. The molecule has 23 heavy (non-hydrogen) atoms. The van der Waals surface area contributed by atoms with Crippen LogP contribution in [0.4, 0.5) is 4.39 Å². The molecule has 1 heterocycles. The van der Waals surface area contributed by atoms with Crippen molar-refractivity contribution >= 4 is 11.8 Å². The van der Waals surface area contributed by atoms with Gasteiger partial charge in [-0.25, -0.2) is 4.39 Å². The molecule has 0 bridgehead atoms. The summed E-state index contributed by atoms with van der Waals surface area (Å²) >= 11 is 1.30. The van der Waals surface area contributed by atoms with Gasteiger partial charge >= 0.3 is 0 Å². The largest absolute Gasteiger partial charge is 0.363 e. The van der Waals surface area contributed by atoms with Crippen LogP contribution in [-0.4, -0.2) is 30.3 Å². The molecule has 0 radical (unpaired) electrons. The monoisotopic (exact) mass is 336 g/mol. The number of aryl methyl sites for hydroxylation is 1. The lowest BCUT2D eigenvalue weighted by Crippen LogP contribution is -2.50. The van der Waals surface area contributed by atoms with Crippen LogP contribution in [0.3, 0.4) is 0 Å². The molecule has 2 unspecified atom stereocenters. The highest BCUT2D eigenvalue weighted by Crippen LogP contribution is 2.38. The Morgan fingerprint density at radius 2 is 1.96 bits per heavy atom. The number of hydrogen-bond donors (Lipinski definition) is 0. The molecule has 7 nitrogen and oxygen atoms in total. The summed E-state index contributed by atoms with van der Waals surface area (Å²) in [7, 11) is 0. The molecule has 122 valence electrons. The van der Waals surface area contributed by atoms with Gasteiger partial charge in [0.05, 0.1) is 12.6 Å². The van der Waals surface area contributed by atoms with E-state index in [4.69, 9.17) is 15.8 Å². The van der Waals surface area contributed by atoms with E-state index in [1.54, 1.807) is 6.92 Å². The molecule has 1 aromatic carbocycles. The molecule has 5 atom stereocenters. The predicted octanol–water partition coefficient (Wildman–Crippen LogP) is 4.78.